The topological polar surface area (TPSA) is 19.4 Å². The van der Waals surface area contributed by atoms with Crippen molar-refractivity contribution in [1.29, 1.82) is 0 Å². The van der Waals surface area contributed by atoms with Gasteiger partial charge in [-0.15, -0.1) is 0 Å². The van der Waals surface area contributed by atoms with E-state index in [1.54, 1.807) is 6.07 Å². The first-order chi connectivity index (χ1) is 7.66. The number of pyridine rings is 1. The molecule has 1 saturated heterocycles. The number of halogens is 1. The zero-order valence-corrected chi connectivity index (χ0v) is 9.86. The molecule has 0 bridgehead atoms. The number of rotatable bonds is 2. The first-order valence-electron chi connectivity index (χ1n) is 5.71. The predicted molar refractivity (Wildman–Crippen MR) is 63.1 cm³/mol. The highest BCUT2D eigenvalue weighted by atomic mass is 19.1. The van der Waals surface area contributed by atoms with Crippen molar-refractivity contribution in [2.75, 3.05) is 32.1 Å². The Hall–Kier alpha value is -1.16. The van der Waals surface area contributed by atoms with Crippen LogP contribution in [0.1, 0.15) is 12.8 Å². The second-order valence-electron chi connectivity index (χ2n) is 4.50. The predicted octanol–water partition coefficient (Wildman–Crippen LogP) is 1.75. The molecule has 0 spiro atoms. The summed E-state index contributed by atoms with van der Waals surface area (Å²) in [6, 6.07) is 5.62. The number of aromatic nitrogens is 1. The van der Waals surface area contributed by atoms with E-state index in [1.165, 1.54) is 6.07 Å². The highest BCUT2D eigenvalue weighted by Gasteiger charge is 2.21. The largest absolute Gasteiger partial charge is 0.356 e. The molecule has 0 aromatic carbocycles. The Morgan fingerprint density at radius 3 is 2.56 bits per heavy atom. The maximum atomic E-state index is 13.0. The Bertz CT molecular complexity index is 346. The average Bonchev–Trinajstić information content (AvgIpc) is 2.29. The van der Waals surface area contributed by atoms with Crippen LogP contribution < -0.4 is 4.90 Å². The van der Waals surface area contributed by atoms with Crippen molar-refractivity contribution in [1.82, 2.24) is 9.88 Å². The van der Waals surface area contributed by atoms with Gasteiger partial charge >= 0.3 is 0 Å². The van der Waals surface area contributed by atoms with Gasteiger partial charge in [0, 0.05) is 19.1 Å². The molecule has 1 aliphatic rings. The van der Waals surface area contributed by atoms with E-state index >= 15 is 0 Å². The molecule has 88 valence electrons. The van der Waals surface area contributed by atoms with Gasteiger partial charge in [-0.2, -0.15) is 4.39 Å². The minimum Gasteiger partial charge on any atom is -0.356 e. The molecule has 2 rings (SSSR count). The molecule has 0 N–H and O–H groups in total. The van der Waals surface area contributed by atoms with E-state index in [4.69, 9.17) is 0 Å². The third-order valence-electron chi connectivity index (χ3n) is 3.22. The molecule has 2 heterocycles. The van der Waals surface area contributed by atoms with Crippen molar-refractivity contribution >= 4 is 5.82 Å². The van der Waals surface area contributed by atoms with Gasteiger partial charge in [-0.3, -0.25) is 0 Å². The smallest absolute Gasteiger partial charge is 0.214 e. The van der Waals surface area contributed by atoms with E-state index in [9.17, 15) is 4.39 Å². The van der Waals surface area contributed by atoms with Crippen LogP contribution in [-0.4, -0.2) is 43.1 Å². The number of piperidine rings is 1. The zero-order chi connectivity index (χ0) is 11.5. The van der Waals surface area contributed by atoms with Crippen molar-refractivity contribution in [3.05, 3.63) is 24.1 Å². The van der Waals surface area contributed by atoms with Gasteiger partial charge in [0.1, 0.15) is 5.82 Å². The average molecular weight is 223 g/mol. The fraction of sp³-hybridized carbons (Fsp3) is 0.583. The highest BCUT2D eigenvalue weighted by molar-refractivity contribution is 5.38. The molecule has 0 saturated carbocycles. The van der Waals surface area contributed by atoms with Gasteiger partial charge in [-0.05, 0) is 39.1 Å². The van der Waals surface area contributed by atoms with Crippen LogP contribution in [0.2, 0.25) is 0 Å². The van der Waals surface area contributed by atoms with E-state index in [2.05, 4.69) is 28.9 Å². The summed E-state index contributed by atoms with van der Waals surface area (Å²) in [5, 5.41) is 0. The van der Waals surface area contributed by atoms with Crippen LogP contribution in [-0.2, 0) is 0 Å². The molecule has 1 fully saturated rings. The van der Waals surface area contributed by atoms with E-state index in [1.807, 2.05) is 6.07 Å². The summed E-state index contributed by atoms with van der Waals surface area (Å²) >= 11 is 0. The molecule has 0 atom stereocenters. The standard InChI is InChI=1S/C12H18FN3/c1-15(2)10-6-8-16(9-7-10)12-5-3-4-11(13)14-12/h3-5,10H,6-9H2,1-2H3. The first-order valence-corrected chi connectivity index (χ1v) is 5.71. The van der Waals surface area contributed by atoms with Gasteiger partial charge in [0.25, 0.3) is 0 Å². The monoisotopic (exact) mass is 223 g/mol. The minimum atomic E-state index is -0.396. The van der Waals surface area contributed by atoms with Crippen LogP contribution in [0.5, 0.6) is 0 Å². The number of hydrogen-bond donors (Lipinski definition) is 0. The lowest BCUT2D eigenvalue weighted by atomic mass is 10.0. The fourth-order valence-corrected chi connectivity index (χ4v) is 2.19. The fourth-order valence-electron chi connectivity index (χ4n) is 2.19. The van der Waals surface area contributed by atoms with Crippen molar-refractivity contribution in [3.8, 4) is 0 Å². The summed E-state index contributed by atoms with van der Waals surface area (Å²) in [5.41, 5.74) is 0. The van der Waals surface area contributed by atoms with Crippen molar-refractivity contribution in [3.63, 3.8) is 0 Å². The zero-order valence-electron chi connectivity index (χ0n) is 9.86. The van der Waals surface area contributed by atoms with Crippen LogP contribution in [0.4, 0.5) is 10.2 Å². The maximum Gasteiger partial charge on any atom is 0.214 e. The van der Waals surface area contributed by atoms with Gasteiger partial charge < -0.3 is 9.80 Å². The highest BCUT2D eigenvalue weighted by Crippen LogP contribution is 2.19. The van der Waals surface area contributed by atoms with Gasteiger partial charge in [-0.1, -0.05) is 6.07 Å². The SMILES string of the molecule is CN(C)C1CCN(c2cccc(F)n2)CC1. The van der Waals surface area contributed by atoms with Crippen molar-refractivity contribution in [2.45, 2.75) is 18.9 Å². The molecule has 1 aliphatic heterocycles. The van der Waals surface area contributed by atoms with E-state index in [0.29, 0.717) is 6.04 Å². The Morgan fingerprint density at radius 1 is 1.31 bits per heavy atom. The van der Waals surface area contributed by atoms with Gasteiger partial charge in [0.15, 0.2) is 0 Å². The molecule has 1 aromatic heterocycles. The van der Waals surface area contributed by atoms with Crippen LogP contribution in [0.3, 0.4) is 0 Å². The van der Waals surface area contributed by atoms with Crippen molar-refractivity contribution < 1.29 is 4.39 Å². The van der Waals surface area contributed by atoms with Crippen LogP contribution >= 0.6 is 0 Å². The summed E-state index contributed by atoms with van der Waals surface area (Å²) in [6.45, 7) is 1.92. The Kier molecular flexibility index (Phi) is 3.39. The third kappa shape index (κ3) is 2.50. The van der Waals surface area contributed by atoms with E-state index < -0.39 is 5.95 Å². The third-order valence-corrected chi connectivity index (χ3v) is 3.22. The Balaban J connectivity index is 1.99. The normalized spacial score (nSPS) is 18.1. The Morgan fingerprint density at radius 2 is 2.00 bits per heavy atom. The first kappa shape index (κ1) is 11.3. The second-order valence-corrected chi connectivity index (χ2v) is 4.50. The Labute approximate surface area is 95.9 Å². The minimum absolute atomic E-state index is 0.396. The summed E-state index contributed by atoms with van der Waals surface area (Å²) < 4.78 is 13.0. The lowest BCUT2D eigenvalue weighted by Crippen LogP contribution is -2.42. The lowest BCUT2D eigenvalue weighted by molar-refractivity contribution is 0.249. The number of anilines is 1. The molecule has 0 aliphatic carbocycles. The molecule has 0 unspecified atom stereocenters. The molecule has 0 radical (unpaired) electrons. The number of hydrogen-bond acceptors (Lipinski definition) is 3. The summed E-state index contributed by atoms with van der Waals surface area (Å²) in [5.74, 6) is 0.365. The molecule has 16 heavy (non-hydrogen) atoms. The lowest BCUT2D eigenvalue weighted by Gasteiger charge is -2.35. The van der Waals surface area contributed by atoms with Crippen LogP contribution in [0.15, 0.2) is 18.2 Å². The van der Waals surface area contributed by atoms with Crippen molar-refractivity contribution in [2.24, 2.45) is 0 Å². The molecule has 4 heteroatoms. The summed E-state index contributed by atoms with van der Waals surface area (Å²) in [6.07, 6.45) is 2.23. The van der Waals surface area contributed by atoms with E-state index in [0.717, 1.165) is 31.7 Å². The molecular weight excluding hydrogens is 205 g/mol. The second kappa shape index (κ2) is 4.78. The maximum absolute atomic E-state index is 13.0. The van der Waals surface area contributed by atoms with Gasteiger partial charge in [0.05, 0.1) is 0 Å². The molecule has 3 nitrogen and oxygen atoms in total. The molecule has 1 aromatic rings. The van der Waals surface area contributed by atoms with Crippen LogP contribution in [0, 0.1) is 5.95 Å². The van der Waals surface area contributed by atoms with Gasteiger partial charge in [0.2, 0.25) is 5.95 Å². The summed E-state index contributed by atoms with van der Waals surface area (Å²) in [7, 11) is 4.22. The molecule has 0 amide bonds. The molecular formula is C12H18FN3. The summed E-state index contributed by atoms with van der Waals surface area (Å²) in [4.78, 5) is 8.33. The quantitative estimate of drug-likeness (QED) is 0.712. The number of nitrogens with zero attached hydrogens (tertiary/aromatic N) is 3. The van der Waals surface area contributed by atoms with Gasteiger partial charge in [-0.25, -0.2) is 4.98 Å². The van der Waals surface area contributed by atoms with Crippen LogP contribution in [0.25, 0.3) is 0 Å². The van der Waals surface area contributed by atoms with E-state index in [-0.39, 0.29) is 0 Å².